The molecule has 7 heteroatoms. The Balaban J connectivity index is 0.00000420. The highest BCUT2D eigenvalue weighted by Gasteiger charge is 2.29. The molecule has 0 N–H and O–H groups in total. The predicted molar refractivity (Wildman–Crippen MR) is 157 cm³/mol. The van der Waals surface area contributed by atoms with E-state index in [1.165, 1.54) is 11.3 Å². The minimum absolute atomic E-state index is 0. The van der Waals surface area contributed by atoms with Crippen LogP contribution in [0.3, 0.4) is 0 Å². The topological polar surface area (TPSA) is 23.6 Å². The van der Waals surface area contributed by atoms with E-state index in [2.05, 4.69) is 49.9 Å². The van der Waals surface area contributed by atoms with Gasteiger partial charge in [-0.3, -0.25) is 4.79 Å². The van der Waals surface area contributed by atoms with Crippen molar-refractivity contribution < 1.29 is 18.0 Å². The molecule has 216 valence electrons. The molecule has 2 fully saturated rings. The van der Waals surface area contributed by atoms with Crippen molar-refractivity contribution in [1.82, 2.24) is 4.90 Å². The summed E-state index contributed by atoms with van der Waals surface area (Å²) in [6, 6.07) is 15.7. The highest BCUT2D eigenvalue weighted by molar-refractivity contribution is 8.00. The summed E-state index contributed by atoms with van der Waals surface area (Å²) in [4.78, 5) is 17.7. The van der Waals surface area contributed by atoms with Crippen LogP contribution in [-0.2, 0) is 16.6 Å². The molecule has 1 amide bonds. The summed E-state index contributed by atoms with van der Waals surface area (Å²) in [5, 5.41) is 0. The van der Waals surface area contributed by atoms with Gasteiger partial charge in [-0.25, -0.2) is 0 Å². The average molecular weight is 563 g/mol. The van der Waals surface area contributed by atoms with Crippen molar-refractivity contribution in [2.75, 3.05) is 31.1 Å². The van der Waals surface area contributed by atoms with Gasteiger partial charge in [0.2, 0.25) is 5.91 Å². The number of alkyl halides is 3. The van der Waals surface area contributed by atoms with E-state index in [4.69, 9.17) is 0 Å². The second-order valence-corrected chi connectivity index (χ2v) is 13.1. The summed E-state index contributed by atoms with van der Waals surface area (Å²) in [7, 11) is 0. The van der Waals surface area contributed by atoms with Crippen LogP contribution in [0.5, 0.6) is 0 Å². The molecule has 0 radical (unpaired) electrons. The standard InChI is InChI=1S/C31H41F3N2OS.CH4/c1-30(2,3)26-9-11-27(12-10-26)35-19-16-23(17-20-35)8-15-29(37)36-18-4-5-25(22-36)21-24-6-13-28(14-7-24)38-31(32,33)34;/h6-7,9-14,23,25H,4-5,8,15-22H2,1-3H3;1H4/t25-;/m1./s1. The Morgan fingerprint density at radius 3 is 2.13 bits per heavy atom. The highest BCUT2D eigenvalue weighted by atomic mass is 32.2. The monoisotopic (exact) mass is 562 g/mol. The zero-order chi connectivity index (χ0) is 27.3. The molecule has 2 heterocycles. The number of benzene rings is 2. The molecule has 0 aromatic heterocycles. The fourth-order valence-electron chi connectivity index (χ4n) is 5.76. The molecule has 0 aliphatic carbocycles. The van der Waals surface area contributed by atoms with Gasteiger partial charge in [0.1, 0.15) is 0 Å². The molecule has 39 heavy (non-hydrogen) atoms. The minimum atomic E-state index is -4.26. The van der Waals surface area contributed by atoms with E-state index in [-0.39, 0.29) is 35.4 Å². The van der Waals surface area contributed by atoms with E-state index in [1.54, 1.807) is 24.3 Å². The Morgan fingerprint density at radius 1 is 0.897 bits per heavy atom. The molecule has 2 aliphatic rings. The SMILES string of the molecule is C.CC(C)(C)c1ccc(N2CCC(CCC(=O)N3CCC[C@H](Cc4ccc(SC(F)(F)F)cc4)C3)CC2)cc1. The van der Waals surface area contributed by atoms with E-state index in [0.717, 1.165) is 70.3 Å². The summed E-state index contributed by atoms with van der Waals surface area (Å²) >= 11 is -0.0786. The first-order valence-electron chi connectivity index (χ1n) is 13.9. The van der Waals surface area contributed by atoms with Crippen LogP contribution in [0.25, 0.3) is 0 Å². The smallest absolute Gasteiger partial charge is 0.372 e. The largest absolute Gasteiger partial charge is 0.446 e. The zero-order valence-electron chi connectivity index (χ0n) is 22.9. The minimum Gasteiger partial charge on any atom is -0.372 e. The van der Waals surface area contributed by atoms with Gasteiger partial charge in [-0.2, -0.15) is 13.2 Å². The molecule has 2 aromatic carbocycles. The zero-order valence-corrected chi connectivity index (χ0v) is 23.7. The molecule has 1 atom stereocenters. The van der Waals surface area contributed by atoms with E-state index >= 15 is 0 Å². The van der Waals surface area contributed by atoms with Gasteiger partial charge in [0.25, 0.3) is 0 Å². The number of hydrogen-bond donors (Lipinski definition) is 0. The van der Waals surface area contributed by atoms with Gasteiger partial charge >= 0.3 is 5.51 Å². The van der Waals surface area contributed by atoms with Gasteiger partial charge in [0, 0.05) is 43.2 Å². The molecule has 2 saturated heterocycles. The first kappa shape index (κ1) is 31.4. The first-order chi connectivity index (χ1) is 18.0. The number of hydrogen-bond acceptors (Lipinski definition) is 3. The van der Waals surface area contributed by atoms with Crippen molar-refractivity contribution in [3.05, 3.63) is 59.7 Å². The Bertz CT molecular complexity index is 1040. The van der Waals surface area contributed by atoms with E-state index in [1.807, 2.05) is 4.90 Å². The number of carbonyl (C=O) groups is 1. The number of nitrogens with zero attached hydrogens (tertiary/aromatic N) is 2. The van der Waals surface area contributed by atoms with Crippen LogP contribution in [0.4, 0.5) is 18.9 Å². The lowest BCUT2D eigenvalue weighted by atomic mass is 9.87. The fourth-order valence-corrected chi connectivity index (χ4v) is 6.30. The number of halogens is 3. The van der Waals surface area contributed by atoms with Crippen molar-refractivity contribution in [2.24, 2.45) is 11.8 Å². The van der Waals surface area contributed by atoms with Crippen LogP contribution in [0.15, 0.2) is 53.4 Å². The van der Waals surface area contributed by atoms with Gasteiger partial charge in [-0.1, -0.05) is 52.5 Å². The van der Waals surface area contributed by atoms with Crippen LogP contribution < -0.4 is 4.90 Å². The quantitative estimate of drug-likeness (QED) is 0.315. The van der Waals surface area contributed by atoms with Crippen molar-refractivity contribution in [1.29, 1.82) is 0 Å². The maximum absolute atomic E-state index is 13.0. The summed E-state index contributed by atoms with van der Waals surface area (Å²) in [6.45, 7) is 10.4. The van der Waals surface area contributed by atoms with Crippen molar-refractivity contribution >= 4 is 23.4 Å². The summed E-state index contributed by atoms with van der Waals surface area (Å²) in [6.07, 6.45) is 6.66. The Hall–Kier alpha value is -2.15. The molecule has 2 aliphatic heterocycles. The lowest BCUT2D eigenvalue weighted by Crippen LogP contribution is -2.41. The second kappa shape index (κ2) is 13.5. The second-order valence-electron chi connectivity index (χ2n) is 12.0. The molecule has 0 saturated carbocycles. The number of thioether (sulfide) groups is 1. The van der Waals surface area contributed by atoms with Crippen LogP contribution in [0, 0.1) is 11.8 Å². The van der Waals surface area contributed by atoms with E-state index in [9.17, 15) is 18.0 Å². The van der Waals surface area contributed by atoms with E-state index in [0.29, 0.717) is 18.3 Å². The van der Waals surface area contributed by atoms with E-state index < -0.39 is 5.51 Å². The highest BCUT2D eigenvalue weighted by Crippen LogP contribution is 2.37. The lowest BCUT2D eigenvalue weighted by molar-refractivity contribution is -0.133. The molecular weight excluding hydrogens is 517 g/mol. The molecule has 2 aromatic rings. The van der Waals surface area contributed by atoms with Crippen molar-refractivity contribution in [3.8, 4) is 0 Å². The van der Waals surface area contributed by atoms with Gasteiger partial charge in [-0.05, 0) is 103 Å². The fraction of sp³-hybridized carbons (Fsp3) is 0.594. The van der Waals surface area contributed by atoms with Crippen LogP contribution in [0.2, 0.25) is 0 Å². The van der Waals surface area contributed by atoms with Gasteiger partial charge < -0.3 is 9.80 Å². The molecule has 4 rings (SSSR count). The number of carbonyl (C=O) groups excluding carboxylic acids is 1. The van der Waals surface area contributed by atoms with Crippen LogP contribution in [0.1, 0.15) is 77.8 Å². The van der Waals surface area contributed by atoms with Crippen LogP contribution in [-0.4, -0.2) is 42.5 Å². The number of rotatable bonds is 7. The number of anilines is 1. The molecule has 3 nitrogen and oxygen atoms in total. The molecular formula is C32H45F3N2OS. The Kier molecular flexibility index (Phi) is 10.8. The van der Waals surface area contributed by atoms with Gasteiger partial charge in [-0.15, -0.1) is 0 Å². The first-order valence-corrected chi connectivity index (χ1v) is 14.8. The summed E-state index contributed by atoms with van der Waals surface area (Å²) in [5.41, 5.74) is -0.415. The Labute approximate surface area is 237 Å². The number of piperidine rings is 2. The number of likely N-dealkylation sites (tertiary alicyclic amines) is 1. The maximum atomic E-state index is 13.0. The summed E-state index contributed by atoms with van der Waals surface area (Å²) in [5.74, 6) is 1.21. The third-order valence-corrected chi connectivity index (χ3v) is 8.77. The molecule has 0 bridgehead atoms. The molecule has 0 spiro atoms. The summed E-state index contributed by atoms with van der Waals surface area (Å²) < 4.78 is 37.7. The lowest BCUT2D eigenvalue weighted by Gasteiger charge is -2.35. The Morgan fingerprint density at radius 2 is 1.54 bits per heavy atom. The van der Waals surface area contributed by atoms with Crippen molar-refractivity contribution in [3.63, 3.8) is 0 Å². The normalized spacial score (nSPS) is 19.1. The van der Waals surface area contributed by atoms with Crippen LogP contribution >= 0.6 is 11.8 Å². The van der Waals surface area contributed by atoms with Gasteiger partial charge in [0.05, 0.1) is 0 Å². The maximum Gasteiger partial charge on any atom is 0.446 e. The number of amides is 1. The average Bonchev–Trinajstić information content (AvgIpc) is 2.88. The third-order valence-electron chi connectivity index (χ3n) is 8.03. The van der Waals surface area contributed by atoms with Gasteiger partial charge in [0.15, 0.2) is 0 Å². The molecule has 0 unspecified atom stereocenters. The van der Waals surface area contributed by atoms with Crippen molar-refractivity contribution in [2.45, 2.75) is 89.0 Å². The third kappa shape index (κ3) is 9.47. The predicted octanol–water partition coefficient (Wildman–Crippen LogP) is 8.71.